The number of nitrogens with one attached hydrogen (secondary N) is 1. The molecule has 19 heavy (non-hydrogen) atoms. The second kappa shape index (κ2) is 6.04. The summed E-state index contributed by atoms with van der Waals surface area (Å²) in [5, 5.41) is 0. The van der Waals surface area contributed by atoms with E-state index in [1.165, 1.54) is 16.8 Å². The van der Waals surface area contributed by atoms with Gasteiger partial charge < -0.3 is 9.30 Å². The first-order chi connectivity index (χ1) is 9.16. The summed E-state index contributed by atoms with van der Waals surface area (Å²) in [5.41, 5.74) is 0.324. The number of rotatable bonds is 5. The molecule has 0 saturated carbocycles. The van der Waals surface area contributed by atoms with Gasteiger partial charge in [0.05, 0.1) is 6.61 Å². The zero-order valence-corrected chi connectivity index (χ0v) is 10.8. The van der Waals surface area contributed by atoms with Crippen molar-refractivity contribution in [2.75, 3.05) is 6.61 Å². The molecule has 100 valence electrons. The van der Waals surface area contributed by atoms with Crippen LogP contribution in [0.3, 0.4) is 0 Å². The van der Waals surface area contributed by atoms with Crippen LogP contribution in [0.4, 0.5) is 0 Å². The summed E-state index contributed by atoms with van der Waals surface area (Å²) in [6.07, 6.45) is 2.19. The lowest BCUT2D eigenvalue weighted by Gasteiger charge is -2.09. The van der Waals surface area contributed by atoms with E-state index in [9.17, 15) is 9.59 Å². The van der Waals surface area contributed by atoms with E-state index in [0.29, 0.717) is 19.6 Å². The minimum atomic E-state index is -0.386. The molecular weight excluding hydrogens is 244 g/mol. The van der Waals surface area contributed by atoms with Crippen LogP contribution >= 0.6 is 0 Å². The summed E-state index contributed by atoms with van der Waals surface area (Å²) >= 11 is 0. The maximum Gasteiger partial charge on any atom is 0.328 e. The van der Waals surface area contributed by atoms with Gasteiger partial charge in [-0.25, -0.2) is 4.79 Å². The molecule has 0 aliphatic heterocycles. The minimum absolute atomic E-state index is 0.377. The van der Waals surface area contributed by atoms with Gasteiger partial charge in [0.1, 0.15) is 5.75 Å². The second-order valence-corrected chi connectivity index (χ2v) is 4.27. The first-order valence-corrected chi connectivity index (χ1v) is 6.15. The van der Waals surface area contributed by atoms with Crippen LogP contribution in [-0.2, 0) is 6.54 Å². The highest BCUT2D eigenvalue weighted by Gasteiger charge is 1.99. The van der Waals surface area contributed by atoms with Crippen molar-refractivity contribution in [3.63, 3.8) is 0 Å². The van der Waals surface area contributed by atoms with E-state index in [4.69, 9.17) is 4.74 Å². The number of nitrogens with zero attached hydrogens (tertiary/aromatic N) is 1. The van der Waals surface area contributed by atoms with Gasteiger partial charge in [0, 0.05) is 18.8 Å². The van der Waals surface area contributed by atoms with E-state index < -0.39 is 0 Å². The molecule has 0 spiro atoms. The third kappa shape index (κ3) is 3.58. The zero-order chi connectivity index (χ0) is 13.7. The Balaban J connectivity index is 1.86. The Kier molecular flexibility index (Phi) is 4.18. The lowest BCUT2D eigenvalue weighted by molar-refractivity contribution is 0.298. The second-order valence-electron chi connectivity index (χ2n) is 4.27. The lowest BCUT2D eigenvalue weighted by Crippen LogP contribution is -2.29. The van der Waals surface area contributed by atoms with Gasteiger partial charge in [0.15, 0.2) is 0 Å². The number of aromatic amines is 1. The number of benzene rings is 1. The number of aromatic nitrogens is 2. The Morgan fingerprint density at radius 3 is 2.74 bits per heavy atom. The van der Waals surface area contributed by atoms with Crippen LogP contribution < -0.4 is 16.0 Å². The highest BCUT2D eigenvalue weighted by Crippen LogP contribution is 2.16. The Bertz CT molecular complexity index is 658. The summed E-state index contributed by atoms with van der Waals surface area (Å²) in [6, 6.07) is 9.13. The normalized spacial score (nSPS) is 10.4. The number of aryl methyl sites for hydroxylation is 2. The van der Waals surface area contributed by atoms with E-state index in [-0.39, 0.29) is 11.2 Å². The molecule has 1 aromatic heterocycles. The van der Waals surface area contributed by atoms with E-state index in [1.807, 2.05) is 31.2 Å². The predicted octanol–water partition coefficient (Wildman–Crippen LogP) is 1.31. The average Bonchev–Trinajstić information content (AvgIpc) is 2.38. The van der Waals surface area contributed by atoms with E-state index in [0.717, 1.165) is 11.3 Å². The molecule has 0 saturated heterocycles. The lowest BCUT2D eigenvalue weighted by atomic mass is 10.2. The van der Waals surface area contributed by atoms with Crippen molar-refractivity contribution in [3.05, 3.63) is 62.9 Å². The highest BCUT2D eigenvalue weighted by molar-refractivity contribution is 5.31. The van der Waals surface area contributed by atoms with E-state index in [2.05, 4.69) is 4.98 Å². The van der Waals surface area contributed by atoms with E-state index in [1.54, 1.807) is 0 Å². The van der Waals surface area contributed by atoms with Crippen molar-refractivity contribution in [2.24, 2.45) is 0 Å². The Hall–Kier alpha value is -2.30. The number of H-pyrrole nitrogens is 1. The maximum absolute atomic E-state index is 11.4. The minimum Gasteiger partial charge on any atom is -0.493 e. The van der Waals surface area contributed by atoms with Crippen LogP contribution in [0.25, 0.3) is 0 Å². The molecule has 0 unspecified atom stereocenters. The molecule has 1 heterocycles. The first kappa shape index (κ1) is 13.1. The van der Waals surface area contributed by atoms with Gasteiger partial charge in [-0.3, -0.25) is 9.78 Å². The number of hydrogen-bond donors (Lipinski definition) is 1. The van der Waals surface area contributed by atoms with Crippen molar-refractivity contribution in [1.82, 2.24) is 9.55 Å². The molecule has 5 heteroatoms. The van der Waals surface area contributed by atoms with Crippen LogP contribution in [-0.4, -0.2) is 16.2 Å². The van der Waals surface area contributed by atoms with Crippen molar-refractivity contribution >= 4 is 0 Å². The van der Waals surface area contributed by atoms with Crippen LogP contribution in [0.1, 0.15) is 12.0 Å². The summed E-state index contributed by atoms with van der Waals surface area (Å²) in [7, 11) is 0. The molecule has 1 N–H and O–H groups in total. The SMILES string of the molecule is Cc1ccccc1OCCCn1ccc(=O)[nH]c1=O. The Morgan fingerprint density at radius 2 is 2.00 bits per heavy atom. The molecule has 0 atom stereocenters. The van der Waals surface area contributed by atoms with Crippen molar-refractivity contribution in [3.8, 4) is 5.75 Å². The first-order valence-electron chi connectivity index (χ1n) is 6.15. The molecule has 2 aromatic rings. The predicted molar refractivity (Wildman–Crippen MR) is 72.6 cm³/mol. The molecule has 2 rings (SSSR count). The van der Waals surface area contributed by atoms with Crippen molar-refractivity contribution < 1.29 is 4.74 Å². The summed E-state index contributed by atoms with van der Waals surface area (Å²) in [4.78, 5) is 24.5. The van der Waals surface area contributed by atoms with Crippen molar-refractivity contribution in [1.29, 1.82) is 0 Å². The van der Waals surface area contributed by atoms with Gasteiger partial charge in [-0.1, -0.05) is 18.2 Å². The Morgan fingerprint density at radius 1 is 1.21 bits per heavy atom. The molecule has 0 radical (unpaired) electrons. The smallest absolute Gasteiger partial charge is 0.328 e. The van der Waals surface area contributed by atoms with E-state index >= 15 is 0 Å². The van der Waals surface area contributed by atoms with Crippen LogP contribution in [0.2, 0.25) is 0 Å². The molecule has 0 aliphatic rings. The van der Waals surface area contributed by atoms with Gasteiger partial charge in [-0.15, -0.1) is 0 Å². The van der Waals surface area contributed by atoms with Gasteiger partial charge in [0.2, 0.25) is 0 Å². The molecular formula is C14H16N2O3. The fraction of sp³-hybridized carbons (Fsp3) is 0.286. The third-order valence-electron chi connectivity index (χ3n) is 2.79. The van der Waals surface area contributed by atoms with Gasteiger partial charge >= 0.3 is 5.69 Å². The van der Waals surface area contributed by atoms with Gasteiger partial charge in [-0.05, 0) is 25.0 Å². The maximum atomic E-state index is 11.4. The monoisotopic (exact) mass is 260 g/mol. The molecule has 0 bridgehead atoms. The number of para-hydroxylation sites is 1. The zero-order valence-electron chi connectivity index (χ0n) is 10.8. The standard InChI is InChI=1S/C14H16N2O3/c1-11-5-2-3-6-12(11)19-10-4-8-16-9-7-13(17)15-14(16)18/h2-3,5-7,9H,4,8,10H2,1H3,(H,15,17,18). The van der Waals surface area contributed by atoms with Gasteiger partial charge in [-0.2, -0.15) is 0 Å². The third-order valence-corrected chi connectivity index (χ3v) is 2.79. The Labute approximate surface area is 110 Å². The largest absolute Gasteiger partial charge is 0.493 e. The number of hydrogen-bond acceptors (Lipinski definition) is 3. The highest BCUT2D eigenvalue weighted by atomic mass is 16.5. The molecule has 0 fully saturated rings. The summed E-state index contributed by atoms with van der Waals surface area (Å²) in [6.45, 7) is 3.03. The molecule has 5 nitrogen and oxygen atoms in total. The summed E-state index contributed by atoms with van der Waals surface area (Å²) in [5.74, 6) is 0.858. The molecule has 1 aromatic carbocycles. The molecule has 0 aliphatic carbocycles. The molecule has 0 amide bonds. The fourth-order valence-corrected chi connectivity index (χ4v) is 1.76. The van der Waals surface area contributed by atoms with Crippen LogP contribution in [0.5, 0.6) is 5.75 Å². The quantitative estimate of drug-likeness (QED) is 0.824. The van der Waals surface area contributed by atoms with Gasteiger partial charge in [0.25, 0.3) is 5.56 Å². The summed E-state index contributed by atoms with van der Waals surface area (Å²) < 4.78 is 7.10. The van der Waals surface area contributed by atoms with Crippen LogP contribution in [0.15, 0.2) is 46.1 Å². The van der Waals surface area contributed by atoms with Crippen LogP contribution in [0, 0.1) is 6.92 Å². The fourth-order valence-electron chi connectivity index (χ4n) is 1.76. The number of ether oxygens (including phenoxy) is 1. The topological polar surface area (TPSA) is 64.1 Å². The van der Waals surface area contributed by atoms with Crippen molar-refractivity contribution in [2.45, 2.75) is 19.9 Å². The average molecular weight is 260 g/mol.